The number of alkyl halides is 3. The van der Waals surface area contributed by atoms with Crippen LogP contribution in [0.25, 0.3) is 11.5 Å². The maximum absolute atomic E-state index is 12.9. The van der Waals surface area contributed by atoms with Crippen molar-refractivity contribution in [1.29, 1.82) is 0 Å². The molecule has 0 aliphatic carbocycles. The molecule has 0 radical (unpaired) electrons. The fraction of sp³-hybridized carbons (Fsp3) is 0.300. The van der Waals surface area contributed by atoms with Crippen molar-refractivity contribution in [2.75, 3.05) is 31.1 Å². The molecule has 0 unspecified atom stereocenters. The summed E-state index contributed by atoms with van der Waals surface area (Å²) in [7, 11) is 0. The highest BCUT2D eigenvalue weighted by Gasteiger charge is 2.32. The number of benzene rings is 1. The first-order valence-electron chi connectivity index (χ1n) is 9.30. The zero-order valence-electron chi connectivity index (χ0n) is 16.1. The smallest absolute Gasteiger partial charge is 0.352 e. The molecule has 10 heteroatoms. The molecule has 1 aliphatic rings. The molecular formula is C20H18F3N5O2. The van der Waals surface area contributed by atoms with Crippen molar-refractivity contribution < 1.29 is 22.5 Å². The predicted molar refractivity (Wildman–Crippen MR) is 102 cm³/mol. The number of aromatic nitrogens is 3. The Morgan fingerprint density at radius 2 is 1.87 bits per heavy atom. The average Bonchev–Trinajstić information content (AvgIpc) is 3.19. The highest BCUT2D eigenvalue weighted by atomic mass is 19.4. The zero-order chi connectivity index (χ0) is 21.3. The molecule has 2 aromatic heterocycles. The first-order valence-corrected chi connectivity index (χ1v) is 9.30. The molecule has 156 valence electrons. The lowest BCUT2D eigenvalue weighted by Crippen LogP contribution is -2.49. The SMILES string of the molecule is Cc1noc(-c2cccnc2N2CCN(C(=O)c3cccc(C(F)(F)F)c3)CC2)n1. The van der Waals surface area contributed by atoms with Crippen LogP contribution in [0.4, 0.5) is 19.0 Å². The van der Waals surface area contributed by atoms with Crippen LogP contribution in [0.2, 0.25) is 0 Å². The second-order valence-corrected chi connectivity index (χ2v) is 6.88. The molecular weight excluding hydrogens is 399 g/mol. The minimum absolute atomic E-state index is 0.0261. The molecule has 0 atom stereocenters. The number of hydrogen-bond acceptors (Lipinski definition) is 6. The van der Waals surface area contributed by atoms with Crippen LogP contribution in [0.5, 0.6) is 0 Å². The minimum Gasteiger partial charge on any atom is -0.352 e. The molecule has 1 aromatic carbocycles. The first-order chi connectivity index (χ1) is 14.3. The molecule has 3 aromatic rings. The highest BCUT2D eigenvalue weighted by molar-refractivity contribution is 5.94. The fourth-order valence-electron chi connectivity index (χ4n) is 3.35. The Hall–Kier alpha value is -3.43. The number of aryl methyl sites for hydroxylation is 1. The summed E-state index contributed by atoms with van der Waals surface area (Å²) in [6, 6.07) is 8.10. The van der Waals surface area contributed by atoms with E-state index in [4.69, 9.17) is 4.52 Å². The van der Waals surface area contributed by atoms with Crippen molar-refractivity contribution >= 4 is 11.7 Å². The lowest BCUT2D eigenvalue weighted by molar-refractivity contribution is -0.137. The molecule has 1 saturated heterocycles. The highest BCUT2D eigenvalue weighted by Crippen LogP contribution is 2.30. The van der Waals surface area contributed by atoms with Gasteiger partial charge in [0.1, 0.15) is 5.82 Å². The lowest BCUT2D eigenvalue weighted by atomic mass is 10.1. The third kappa shape index (κ3) is 3.98. The van der Waals surface area contributed by atoms with E-state index < -0.39 is 17.6 Å². The summed E-state index contributed by atoms with van der Waals surface area (Å²) in [6.07, 6.45) is -2.83. The minimum atomic E-state index is -4.49. The normalized spacial score (nSPS) is 14.8. The third-order valence-electron chi connectivity index (χ3n) is 4.85. The van der Waals surface area contributed by atoms with Gasteiger partial charge in [0.05, 0.1) is 11.1 Å². The number of pyridine rings is 1. The molecule has 30 heavy (non-hydrogen) atoms. The van der Waals surface area contributed by atoms with Gasteiger partial charge in [-0.1, -0.05) is 11.2 Å². The number of rotatable bonds is 3. The van der Waals surface area contributed by atoms with Gasteiger partial charge in [-0.2, -0.15) is 18.2 Å². The third-order valence-corrected chi connectivity index (χ3v) is 4.85. The number of carbonyl (C=O) groups is 1. The van der Waals surface area contributed by atoms with E-state index in [2.05, 4.69) is 15.1 Å². The van der Waals surface area contributed by atoms with Gasteiger partial charge in [0.15, 0.2) is 5.82 Å². The number of anilines is 1. The summed E-state index contributed by atoms with van der Waals surface area (Å²) in [5.74, 6) is 1.11. The number of piperazine rings is 1. The maximum atomic E-state index is 12.9. The van der Waals surface area contributed by atoms with Crippen molar-refractivity contribution in [3.63, 3.8) is 0 Å². The van der Waals surface area contributed by atoms with Gasteiger partial charge in [0, 0.05) is 37.9 Å². The van der Waals surface area contributed by atoms with Crippen LogP contribution >= 0.6 is 0 Å². The lowest BCUT2D eigenvalue weighted by Gasteiger charge is -2.36. The van der Waals surface area contributed by atoms with E-state index in [1.54, 1.807) is 24.1 Å². The number of halogens is 3. The van der Waals surface area contributed by atoms with E-state index in [0.29, 0.717) is 49.3 Å². The Labute approximate surface area is 170 Å². The van der Waals surface area contributed by atoms with Gasteiger partial charge in [-0.15, -0.1) is 0 Å². The van der Waals surface area contributed by atoms with Gasteiger partial charge in [-0.05, 0) is 37.3 Å². The zero-order valence-corrected chi connectivity index (χ0v) is 16.1. The van der Waals surface area contributed by atoms with Crippen LogP contribution in [0.1, 0.15) is 21.7 Å². The number of carbonyl (C=O) groups excluding carboxylic acids is 1. The van der Waals surface area contributed by atoms with Crippen molar-refractivity contribution in [1.82, 2.24) is 20.0 Å². The molecule has 1 amide bonds. The van der Waals surface area contributed by atoms with E-state index >= 15 is 0 Å². The standard InChI is InChI=1S/C20H18F3N5O2/c1-13-25-18(30-26-13)16-6-3-7-24-17(16)27-8-10-28(11-9-27)19(29)14-4-2-5-15(12-14)20(21,22)23/h2-7,12H,8-11H2,1H3. The fourth-order valence-corrected chi connectivity index (χ4v) is 3.35. The molecule has 1 fully saturated rings. The van der Waals surface area contributed by atoms with Crippen molar-refractivity contribution in [2.24, 2.45) is 0 Å². The predicted octanol–water partition coefficient (Wildman–Crippen LogP) is 3.42. The average molecular weight is 417 g/mol. The Balaban J connectivity index is 1.48. The van der Waals surface area contributed by atoms with Crippen LogP contribution in [0.3, 0.4) is 0 Å². The van der Waals surface area contributed by atoms with Crippen LogP contribution < -0.4 is 4.90 Å². The summed E-state index contributed by atoms with van der Waals surface area (Å²) in [4.78, 5) is 24.9. The van der Waals surface area contributed by atoms with E-state index in [0.717, 1.165) is 12.1 Å². The molecule has 1 aliphatic heterocycles. The van der Waals surface area contributed by atoms with Gasteiger partial charge >= 0.3 is 6.18 Å². The van der Waals surface area contributed by atoms with Gasteiger partial charge in [-0.3, -0.25) is 4.79 Å². The molecule has 3 heterocycles. The van der Waals surface area contributed by atoms with Gasteiger partial charge < -0.3 is 14.3 Å². The Morgan fingerprint density at radius 3 is 2.53 bits per heavy atom. The van der Waals surface area contributed by atoms with Crippen LogP contribution in [0, 0.1) is 6.92 Å². The van der Waals surface area contributed by atoms with Gasteiger partial charge in [0.25, 0.3) is 11.8 Å². The molecule has 7 nitrogen and oxygen atoms in total. The quantitative estimate of drug-likeness (QED) is 0.650. The summed E-state index contributed by atoms with van der Waals surface area (Å²) in [5.41, 5.74) is -0.117. The summed E-state index contributed by atoms with van der Waals surface area (Å²) >= 11 is 0. The van der Waals surface area contributed by atoms with E-state index in [1.165, 1.54) is 12.1 Å². The molecule has 0 saturated carbocycles. The number of nitrogens with zero attached hydrogens (tertiary/aromatic N) is 5. The topological polar surface area (TPSA) is 75.4 Å². The Morgan fingerprint density at radius 1 is 1.10 bits per heavy atom. The largest absolute Gasteiger partial charge is 0.416 e. The van der Waals surface area contributed by atoms with Crippen molar-refractivity contribution in [2.45, 2.75) is 13.1 Å². The number of hydrogen-bond donors (Lipinski definition) is 0. The monoisotopic (exact) mass is 417 g/mol. The molecule has 0 spiro atoms. The van der Waals surface area contributed by atoms with Gasteiger partial charge in [-0.25, -0.2) is 4.98 Å². The number of amides is 1. The van der Waals surface area contributed by atoms with Crippen LogP contribution in [-0.2, 0) is 6.18 Å². The van der Waals surface area contributed by atoms with Crippen LogP contribution in [-0.4, -0.2) is 52.1 Å². The van der Waals surface area contributed by atoms with Crippen molar-refractivity contribution in [3.05, 3.63) is 59.5 Å². The Bertz CT molecular complexity index is 1060. The summed E-state index contributed by atoms with van der Waals surface area (Å²) in [6.45, 7) is 3.38. The summed E-state index contributed by atoms with van der Waals surface area (Å²) in [5, 5.41) is 3.81. The van der Waals surface area contributed by atoms with Crippen LogP contribution in [0.15, 0.2) is 47.1 Å². The second kappa shape index (κ2) is 7.77. The van der Waals surface area contributed by atoms with Crippen molar-refractivity contribution in [3.8, 4) is 11.5 Å². The van der Waals surface area contributed by atoms with E-state index in [-0.39, 0.29) is 5.56 Å². The summed E-state index contributed by atoms with van der Waals surface area (Å²) < 4.78 is 44.1. The van der Waals surface area contributed by atoms with E-state index in [1.807, 2.05) is 11.0 Å². The van der Waals surface area contributed by atoms with E-state index in [9.17, 15) is 18.0 Å². The molecule has 0 bridgehead atoms. The van der Waals surface area contributed by atoms with Gasteiger partial charge in [0.2, 0.25) is 0 Å². The second-order valence-electron chi connectivity index (χ2n) is 6.88. The molecule has 4 rings (SSSR count). The Kier molecular flexibility index (Phi) is 5.15. The first kappa shape index (κ1) is 19.9. The molecule has 0 N–H and O–H groups in total. The maximum Gasteiger partial charge on any atom is 0.416 e.